The van der Waals surface area contributed by atoms with Gasteiger partial charge in [-0.25, -0.2) is 4.98 Å². The Labute approximate surface area is 137 Å². The summed E-state index contributed by atoms with van der Waals surface area (Å²) in [5.41, 5.74) is 2.63. The average molecular weight is 315 g/mol. The number of amides is 1. The van der Waals surface area contributed by atoms with Gasteiger partial charge in [0.25, 0.3) is 5.91 Å². The topological polar surface area (TPSA) is 63.1 Å². The van der Waals surface area contributed by atoms with Crippen LogP contribution in [0.2, 0.25) is 0 Å². The maximum Gasteiger partial charge on any atom is 0.253 e. The number of rotatable bonds is 6. The minimum Gasteiger partial charge on any atom is -0.357 e. The lowest BCUT2D eigenvalue weighted by molar-refractivity contribution is 0.0939. The summed E-state index contributed by atoms with van der Waals surface area (Å²) in [6.07, 6.45) is 3.42. The fourth-order valence-corrected chi connectivity index (χ4v) is 2.55. The third kappa shape index (κ3) is 3.70. The Hall–Kier alpha value is -2.37. The van der Waals surface area contributed by atoms with Crippen molar-refractivity contribution in [3.05, 3.63) is 41.3 Å². The zero-order valence-corrected chi connectivity index (χ0v) is 14.5. The molecule has 0 saturated heterocycles. The minimum absolute atomic E-state index is 0.0985. The molecule has 6 nitrogen and oxygen atoms in total. The highest BCUT2D eigenvalue weighted by Gasteiger charge is 2.16. The van der Waals surface area contributed by atoms with E-state index >= 15 is 0 Å². The standard InChI is InChI=1S/C17H25N5O/c1-6-22(7-2)16-9-8-14(10-18-16)17(23)20-12(3)15-11-19-21(5)13(15)4/h8-12H,6-7H2,1-5H3,(H,20,23)/t12-/m1/s1. The van der Waals surface area contributed by atoms with Crippen molar-refractivity contribution in [1.29, 1.82) is 0 Å². The van der Waals surface area contributed by atoms with Crippen molar-refractivity contribution < 1.29 is 4.79 Å². The van der Waals surface area contributed by atoms with Crippen LogP contribution >= 0.6 is 0 Å². The van der Waals surface area contributed by atoms with Gasteiger partial charge >= 0.3 is 0 Å². The van der Waals surface area contributed by atoms with Crippen molar-refractivity contribution in [3.8, 4) is 0 Å². The van der Waals surface area contributed by atoms with Gasteiger partial charge < -0.3 is 10.2 Å². The summed E-state index contributed by atoms with van der Waals surface area (Å²) in [6.45, 7) is 9.91. The van der Waals surface area contributed by atoms with Crippen molar-refractivity contribution >= 4 is 11.7 Å². The summed E-state index contributed by atoms with van der Waals surface area (Å²) in [5, 5.41) is 7.21. The number of carbonyl (C=O) groups is 1. The zero-order valence-electron chi connectivity index (χ0n) is 14.5. The van der Waals surface area contributed by atoms with Crippen LogP contribution in [0.1, 0.15) is 48.4 Å². The van der Waals surface area contributed by atoms with E-state index in [-0.39, 0.29) is 11.9 Å². The SMILES string of the molecule is CCN(CC)c1ccc(C(=O)N[C@H](C)c2cnn(C)c2C)cn1. The first-order valence-corrected chi connectivity index (χ1v) is 7.98. The molecular formula is C17H25N5O. The van der Waals surface area contributed by atoms with E-state index in [0.717, 1.165) is 30.2 Å². The number of anilines is 1. The normalized spacial score (nSPS) is 12.0. The summed E-state index contributed by atoms with van der Waals surface area (Å²) < 4.78 is 1.80. The van der Waals surface area contributed by atoms with Crippen LogP contribution in [0, 0.1) is 6.92 Å². The molecule has 0 fully saturated rings. The van der Waals surface area contributed by atoms with E-state index in [0.29, 0.717) is 5.56 Å². The lowest BCUT2D eigenvalue weighted by Crippen LogP contribution is -2.27. The van der Waals surface area contributed by atoms with Crippen LogP contribution < -0.4 is 10.2 Å². The Bertz CT molecular complexity index is 658. The quantitative estimate of drug-likeness (QED) is 0.889. The first kappa shape index (κ1) is 17.0. The van der Waals surface area contributed by atoms with E-state index in [1.54, 1.807) is 17.1 Å². The van der Waals surface area contributed by atoms with Gasteiger partial charge in [0.15, 0.2) is 0 Å². The van der Waals surface area contributed by atoms with Crippen LogP contribution in [0.5, 0.6) is 0 Å². The van der Waals surface area contributed by atoms with Gasteiger partial charge in [-0.3, -0.25) is 9.48 Å². The molecule has 2 rings (SSSR count). The van der Waals surface area contributed by atoms with Gasteiger partial charge in [0, 0.05) is 37.6 Å². The highest BCUT2D eigenvalue weighted by atomic mass is 16.1. The van der Waals surface area contributed by atoms with Gasteiger partial charge in [-0.1, -0.05) is 0 Å². The predicted molar refractivity (Wildman–Crippen MR) is 91.6 cm³/mol. The second-order valence-corrected chi connectivity index (χ2v) is 5.58. The van der Waals surface area contributed by atoms with E-state index in [9.17, 15) is 4.79 Å². The third-order valence-corrected chi connectivity index (χ3v) is 4.18. The number of pyridine rings is 1. The number of hydrogen-bond acceptors (Lipinski definition) is 4. The van der Waals surface area contributed by atoms with Crippen LogP contribution in [0.25, 0.3) is 0 Å². The molecule has 0 unspecified atom stereocenters. The van der Waals surface area contributed by atoms with Gasteiger partial charge in [0.2, 0.25) is 0 Å². The molecular weight excluding hydrogens is 290 g/mol. The smallest absolute Gasteiger partial charge is 0.253 e. The number of aromatic nitrogens is 3. The van der Waals surface area contributed by atoms with E-state index < -0.39 is 0 Å². The largest absolute Gasteiger partial charge is 0.357 e. The summed E-state index contributed by atoms with van der Waals surface area (Å²) in [4.78, 5) is 18.9. The molecule has 0 aliphatic carbocycles. The van der Waals surface area contributed by atoms with E-state index in [2.05, 4.69) is 34.1 Å². The fourth-order valence-electron chi connectivity index (χ4n) is 2.55. The van der Waals surface area contributed by atoms with Crippen LogP contribution in [0.15, 0.2) is 24.5 Å². The number of aryl methyl sites for hydroxylation is 1. The first-order chi connectivity index (χ1) is 11.0. The molecule has 1 atom stereocenters. The summed E-state index contributed by atoms with van der Waals surface area (Å²) in [5.74, 6) is 0.766. The lowest BCUT2D eigenvalue weighted by atomic mass is 10.1. The molecule has 1 N–H and O–H groups in total. The number of hydrogen-bond donors (Lipinski definition) is 1. The van der Waals surface area contributed by atoms with Gasteiger partial charge in [0.05, 0.1) is 17.8 Å². The summed E-state index contributed by atoms with van der Waals surface area (Å²) in [6, 6.07) is 3.61. The molecule has 23 heavy (non-hydrogen) atoms. The first-order valence-electron chi connectivity index (χ1n) is 7.98. The molecule has 2 aromatic rings. The van der Waals surface area contributed by atoms with Crippen molar-refractivity contribution in [1.82, 2.24) is 20.1 Å². The molecule has 0 aliphatic heterocycles. The molecule has 0 bridgehead atoms. The highest BCUT2D eigenvalue weighted by Crippen LogP contribution is 2.17. The number of nitrogens with zero attached hydrogens (tertiary/aromatic N) is 4. The monoisotopic (exact) mass is 315 g/mol. The van der Waals surface area contributed by atoms with Gasteiger partial charge in [-0.15, -0.1) is 0 Å². The molecule has 2 aromatic heterocycles. The molecule has 1 amide bonds. The summed E-state index contributed by atoms with van der Waals surface area (Å²) in [7, 11) is 1.89. The maximum absolute atomic E-state index is 12.4. The van der Waals surface area contributed by atoms with E-state index in [1.807, 2.05) is 33.0 Å². The van der Waals surface area contributed by atoms with Gasteiger partial charge in [-0.05, 0) is 39.8 Å². The third-order valence-electron chi connectivity index (χ3n) is 4.18. The van der Waals surface area contributed by atoms with Crippen LogP contribution in [-0.2, 0) is 7.05 Å². The minimum atomic E-state index is -0.126. The molecule has 124 valence electrons. The van der Waals surface area contributed by atoms with Crippen molar-refractivity contribution in [2.24, 2.45) is 7.05 Å². The Morgan fingerprint density at radius 3 is 2.48 bits per heavy atom. The second kappa shape index (κ2) is 7.26. The van der Waals surface area contributed by atoms with Gasteiger partial charge in [0.1, 0.15) is 5.82 Å². The van der Waals surface area contributed by atoms with Crippen molar-refractivity contribution in [3.63, 3.8) is 0 Å². The van der Waals surface area contributed by atoms with Crippen LogP contribution in [0.3, 0.4) is 0 Å². The number of carbonyl (C=O) groups excluding carboxylic acids is 1. The molecule has 0 aliphatic rings. The Balaban J connectivity index is 2.07. The average Bonchev–Trinajstić information content (AvgIpc) is 2.88. The second-order valence-electron chi connectivity index (χ2n) is 5.58. The molecule has 0 spiro atoms. The fraction of sp³-hybridized carbons (Fsp3) is 0.471. The Morgan fingerprint density at radius 1 is 1.30 bits per heavy atom. The highest BCUT2D eigenvalue weighted by molar-refractivity contribution is 5.94. The van der Waals surface area contributed by atoms with E-state index in [1.165, 1.54) is 0 Å². The molecule has 6 heteroatoms. The molecule has 0 saturated carbocycles. The zero-order chi connectivity index (χ0) is 17.0. The Morgan fingerprint density at radius 2 is 2.00 bits per heavy atom. The molecule has 2 heterocycles. The van der Waals surface area contributed by atoms with E-state index in [4.69, 9.17) is 0 Å². The summed E-state index contributed by atoms with van der Waals surface area (Å²) >= 11 is 0. The number of nitrogens with one attached hydrogen (secondary N) is 1. The van der Waals surface area contributed by atoms with Gasteiger partial charge in [-0.2, -0.15) is 5.10 Å². The van der Waals surface area contributed by atoms with Crippen molar-refractivity contribution in [2.75, 3.05) is 18.0 Å². The molecule has 0 radical (unpaired) electrons. The Kier molecular flexibility index (Phi) is 5.36. The van der Waals surface area contributed by atoms with Crippen molar-refractivity contribution in [2.45, 2.75) is 33.7 Å². The maximum atomic E-state index is 12.4. The van der Waals surface area contributed by atoms with Crippen LogP contribution in [0.4, 0.5) is 5.82 Å². The lowest BCUT2D eigenvalue weighted by Gasteiger charge is -2.19. The molecule has 0 aromatic carbocycles. The van der Waals surface area contributed by atoms with Crippen LogP contribution in [-0.4, -0.2) is 33.8 Å². The predicted octanol–water partition coefficient (Wildman–Crippen LogP) is 2.46.